The number of carbonyl (C=O) groups is 2. The first-order valence-electron chi connectivity index (χ1n) is 8.73. The largest absolute Gasteiger partial charge is 1.00 e. The van der Waals surface area contributed by atoms with Gasteiger partial charge in [-0.15, -0.1) is 0 Å². The van der Waals surface area contributed by atoms with Crippen LogP contribution in [-0.2, 0) is 26.1 Å². The maximum Gasteiger partial charge on any atom is 0.290 e. The van der Waals surface area contributed by atoms with E-state index in [9.17, 15) is 18.0 Å². The zero-order chi connectivity index (χ0) is 21.0. The minimum absolute atomic E-state index is 0. The number of hydrogen-bond acceptors (Lipinski definition) is 5. The van der Waals surface area contributed by atoms with Crippen molar-refractivity contribution in [3.63, 3.8) is 0 Å². The number of amides is 2. The van der Waals surface area contributed by atoms with E-state index in [-0.39, 0.29) is 53.2 Å². The second-order valence-electron chi connectivity index (χ2n) is 6.34. The number of nitrogens with zero attached hydrogens (tertiary/aromatic N) is 2. The van der Waals surface area contributed by atoms with Gasteiger partial charge < -0.3 is 28.2 Å². The van der Waals surface area contributed by atoms with Crippen molar-refractivity contribution in [3.8, 4) is 0 Å². The van der Waals surface area contributed by atoms with Gasteiger partial charge in [0.15, 0.2) is 12.4 Å². The molecule has 0 radical (unpaired) electrons. The number of halogens is 2. The van der Waals surface area contributed by atoms with Crippen molar-refractivity contribution in [2.24, 2.45) is 5.73 Å². The van der Waals surface area contributed by atoms with Gasteiger partial charge >= 0.3 is 0 Å². The van der Waals surface area contributed by atoms with Crippen LogP contribution in [0.25, 0.3) is 0 Å². The number of sulfonamides is 1. The lowest BCUT2D eigenvalue weighted by Gasteiger charge is -2.26. The van der Waals surface area contributed by atoms with E-state index in [1.807, 2.05) is 0 Å². The molecule has 2 aromatic rings. The van der Waals surface area contributed by atoms with E-state index >= 15 is 0 Å². The topological polar surface area (TPSA) is 123 Å². The van der Waals surface area contributed by atoms with Gasteiger partial charge in [0, 0.05) is 19.2 Å². The minimum atomic E-state index is -3.72. The van der Waals surface area contributed by atoms with Gasteiger partial charge in [-0.3, -0.25) is 9.59 Å². The van der Waals surface area contributed by atoms with Crippen LogP contribution in [0.15, 0.2) is 47.6 Å². The number of ether oxygens (including phenoxy) is 1. The number of nitrogens with two attached hydrogens (primary N) is 1. The van der Waals surface area contributed by atoms with Crippen LogP contribution in [0.4, 0.5) is 5.69 Å². The van der Waals surface area contributed by atoms with Gasteiger partial charge in [0.2, 0.25) is 16.6 Å². The normalized spacial score (nSPS) is 14.6. The van der Waals surface area contributed by atoms with E-state index in [1.54, 1.807) is 12.3 Å². The number of hydrogen-bond donors (Lipinski definition) is 2. The van der Waals surface area contributed by atoms with Gasteiger partial charge in [0.1, 0.15) is 5.56 Å². The highest BCUT2D eigenvalue weighted by molar-refractivity contribution is 7.89. The van der Waals surface area contributed by atoms with E-state index in [4.69, 9.17) is 22.1 Å². The molecule has 3 rings (SSSR count). The highest BCUT2D eigenvalue weighted by Crippen LogP contribution is 2.27. The molecule has 1 fully saturated rings. The Morgan fingerprint density at radius 3 is 2.60 bits per heavy atom. The van der Waals surface area contributed by atoms with Crippen molar-refractivity contribution in [2.75, 3.05) is 31.6 Å². The number of nitrogens with one attached hydrogen (secondary N) is 1. The van der Waals surface area contributed by atoms with Gasteiger partial charge in [-0.1, -0.05) is 11.6 Å². The van der Waals surface area contributed by atoms with Crippen molar-refractivity contribution in [1.29, 1.82) is 0 Å². The zero-order valence-electron chi connectivity index (χ0n) is 15.8. The molecule has 2 amide bonds. The molecule has 1 aromatic carbocycles. The summed E-state index contributed by atoms with van der Waals surface area (Å²) in [6, 6.07) is 7.28. The third-order valence-electron chi connectivity index (χ3n) is 4.29. The Balaban J connectivity index is 0.00000320. The smallest absolute Gasteiger partial charge is 0.290 e. The first-order chi connectivity index (χ1) is 13.8. The molecule has 1 aliphatic rings. The van der Waals surface area contributed by atoms with Crippen LogP contribution >= 0.6 is 11.6 Å². The zero-order valence-corrected chi connectivity index (χ0v) is 18.1. The van der Waals surface area contributed by atoms with Gasteiger partial charge in [-0.05, 0) is 24.3 Å². The Hall–Kier alpha value is -2.24. The number of anilines is 1. The number of benzene rings is 1. The Kier molecular flexibility index (Phi) is 8.16. The highest BCUT2D eigenvalue weighted by atomic mass is 35.5. The second-order valence-corrected chi connectivity index (χ2v) is 8.68. The lowest BCUT2D eigenvalue weighted by atomic mass is 10.2. The summed E-state index contributed by atoms with van der Waals surface area (Å²) in [5.74, 6) is -1.05. The molecule has 1 aliphatic heterocycles. The molecule has 2 heterocycles. The summed E-state index contributed by atoms with van der Waals surface area (Å²) in [5.41, 5.74) is 5.68. The van der Waals surface area contributed by atoms with E-state index in [1.165, 1.54) is 39.3 Å². The van der Waals surface area contributed by atoms with E-state index in [0.29, 0.717) is 13.2 Å². The fourth-order valence-corrected chi connectivity index (χ4v) is 4.42. The van der Waals surface area contributed by atoms with Crippen LogP contribution in [0.1, 0.15) is 10.4 Å². The maximum atomic E-state index is 12.8. The summed E-state index contributed by atoms with van der Waals surface area (Å²) in [6.45, 7) is 1.08. The number of rotatable bonds is 6. The lowest BCUT2D eigenvalue weighted by Crippen LogP contribution is -3.00. The monoisotopic (exact) mass is 474 g/mol. The van der Waals surface area contributed by atoms with Gasteiger partial charge in [-0.25, -0.2) is 8.42 Å². The third-order valence-corrected chi connectivity index (χ3v) is 6.51. The fourth-order valence-electron chi connectivity index (χ4n) is 2.82. The summed E-state index contributed by atoms with van der Waals surface area (Å²) in [7, 11) is -3.72. The maximum absolute atomic E-state index is 12.8. The van der Waals surface area contributed by atoms with Crippen molar-refractivity contribution in [3.05, 3.63) is 53.3 Å². The number of pyridine rings is 1. The molecular weight excluding hydrogens is 455 g/mol. The Morgan fingerprint density at radius 1 is 1.23 bits per heavy atom. The molecule has 0 aliphatic carbocycles. The molecule has 0 saturated carbocycles. The number of aromatic nitrogens is 1. The third kappa shape index (κ3) is 5.67. The predicted molar refractivity (Wildman–Crippen MR) is 105 cm³/mol. The van der Waals surface area contributed by atoms with Crippen molar-refractivity contribution in [1.82, 2.24) is 4.31 Å². The van der Waals surface area contributed by atoms with Crippen molar-refractivity contribution in [2.45, 2.75) is 11.4 Å². The molecule has 1 aromatic heterocycles. The summed E-state index contributed by atoms with van der Waals surface area (Å²) < 4.78 is 33.6. The molecular formula is C18H20Cl2N4O5S. The molecule has 0 unspecified atom stereocenters. The Morgan fingerprint density at radius 2 is 1.93 bits per heavy atom. The molecule has 12 heteroatoms. The highest BCUT2D eigenvalue weighted by Gasteiger charge is 2.27. The quantitative estimate of drug-likeness (QED) is 0.444. The van der Waals surface area contributed by atoms with E-state index < -0.39 is 21.8 Å². The number of carbonyl (C=O) groups excluding carboxylic acids is 2. The van der Waals surface area contributed by atoms with Gasteiger partial charge in [-0.2, -0.15) is 8.87 Å². The molecule has 1 saturated heterocycles. The fraction of sp³-hybridized carbons (Fsp3) is 0.278. The second kappa shape index (κ2) is 10.2. The Labute approximate surface area is 185 Å². The average Bonchev–Trinajstić information content (AvgIpc) is 2.70. The summed E-state index contributed by atoms with van der Waals surface area (Å²) in [5, 5.41) is 2.81. The van der Waals surface area contributed by atoms with Crippen LogP contribution in [0, 0.1) is 0 Å². The van der Waals surface area contributed by atoms with Crippen LogP contribution in [-0.4, -0.2) is 50.8 Å². The molecule has 0 atom stereocenters. The van der Waals surface area contributed by atoms with Crippen LogP contribution in [0.2, 0.25) is 5.02 Å². The predicted octanol–water partition coefficient (Wildman–Crippen LogP) is -2.61. The molecule has 3 N–H and O–H groups in total. The van der Waals surface area contributed by atoms with Crippen molar-refractivity contribution >= 4 is 39.1 Å². The minimum Gasteiger partial charge on any atom is -1.00 e. The van der Waals surface area contributed by atoms with Crippen LogP contribution in [0.5, 0.6) is 0 Å². The molecule has 162 valence electrons. The van der Waals surface area contributed by atoms with E-state index in [2.05, 4.69) is 5.32 Å². The SMILES string of the molecule is NC(=O)c1ccc[n+](CC(=O)Nc2cc(S(=O)(=O)N3CCOCC3)ccc2Cl)c1.[Cl-]. The summed E-state index contributed by atoms with van der Waals surface area (Å²) in [4.78, 5) is 23.7. The average molecular weight is 475 g/mol. The lowest BCUT2D eigenvalue weighted by molar-refractivity contribution is -0.684. The number of morpholine rings is 1. The summed E-state index contributed by atoms with van der Waals surface area (Å²) in [6.07, 6.45) is 3.05. The standard InChI is InChI=1S/C18H19ClN4O5S.ClH/c19-15-4-3-14(29(26,27)23-6-8-28-9-7-23)10-16(15)21-17(24)12-22-5-1-2-13(11-22)18(20)25;/h1-5,10-11H,6-9,12H2,(H2-,20,21,24,25);1H. The molecule has 9 nitrogen and oxygen atoms in total. The van der Waals surface area contributed by atoms with Gasteiger partial charge in [0.25, 0.3) is 11.8 Å². The number of primary amides is 1. The molecule has 0 spiro atoms. The van der Waals surface area contributed by atoms with Crippen molar-refractivity contribution < 1.29 is 39.7 Å². The molecule has 30 heavy (non-hydrogen) atoms. The van der Waals surface area contributed by atoms with Crippen LogP contribution < -0.4 is 28.0 Å². The van der Waals surface area contributed by atoms with Gasteiger partial charge in [0.05, 0.1) is 28.8 Å². The first kappa shape index (κ1) is 24.0. The molecule has 0 bridgehead atoms. The Bertz CT molecular complexity index is 1040. The van der Waals surface area contributed by atoms with Crippen LogP contribution in [0.3, 0.4) is 0 Å². The van der Waals surface area contributed by atoms with E-state index in [0.717, 1.165) is 0 Å². The summed E-state index contributed by atoms with van der Waals surface area (Å²) >= 11 is 6.13. The first-order valence-corrected chi connectivity index (χ1v) is 10.6.